The summed E-state index contributed by atoms with van der Waals surface area (Å²) in [5.74, 6) is 0.609. The average molecular weight is 281 g/mol. The van der Waals surface area contributed by atoms with Crippen LogP contribution in [0.15, 0.2) is 54.6 Å². The van der Waals surface area contributed by atoms with Gasteiger partial charge in [-0.15, -0.1) is 0 Å². The highest BCUT2D eigenvalue weighted by atomic mass is 16.1. The van der Waals surface area contributed by atoms with E-state index in [4.69, 9.17) is 0 Å². The fraction of sp³-hybridized carbons (Fsp3) is 0.316. The molecule has 1 amide bonds. The number of carbonyl (C=O) groups excluding carboxylic acids is 1. The van der Waals surface area contributed by atoms with Gasteiger partial charge in [-0.2, -0.15) is 0 Å². The summed E-state index contributed by atoms with van der Waals surface area (Å²) in [5.41, 5.74) is 3.22. The van der Waals surface area contributed by atoms with Crippen LogP contribution in [0.25, 0.3) is 0 Å². The van der Waals surface area contributed by atoms with Gasteiger partial charge in [0.2, 0.25) is 0 Å². The molecule has 2 nitrogen and oxygen atoms in total. The highest BCUT2D eigenvalue weighted by molar-refractivity contribution is 5.94. The molecular formula is C19H23NO. The van der Waals surface area contributed by atoms with Crippen molar-refractivity contribution in [2.45, 2.75) is 26.7 Å². The smallest absolute Gasteiger partial charge is 0.251 e. The number of amides is 1. The lowest BCUT2D eigenvalue weighted by Crippen LogP contribution is -2.25. The number of benzene rings is 2. The lowest BCUT2D eigenvalue weighted by Gasteiger charge is -2.08. The van der Waals surface area contributed by atoms with Crippen LogP contribution in [0.3, 0.4) is 0 Å². The maximum Gasteiger partial charge on any atom is 0.251 e. The number of hydrogen-bond donors (Lipinski definition) is 1. The molecule has 0 aliphatic heterocycles. The Morgan fingerprint density at radius 3 is 2.43 bits per heavy atom. The van der Waals surface area contributed by atoms with Crippen molar-refractivity contribution in [1.29, 1.82) is 0 Å². The van der Waals surface area contributed by atoms with E-state index < -0.39 is 0 Å². The Morgan fingerprint density at radius 2 is 1.71 bits per heavy atom. The summed E-state index contributed by atoms with van der Waals surface area (Å²) in [4.78, 5) is 12.2. The summed E-state index contributed by atoms with van der Waals surface area (Å²) in [6, 6.07) is 18.1. The fourth-order valence-corrected chi connectivity index (χ4v) is 2.38. The van der Waals surface area contributed by atoms with Gasteiger partial charge in [-0.1, -0.05) is 56.3 Å². The quantitative estimate of drug-likeness (QED) is 0.856. The molecule has 0 aliphatic rings. The predicted octanol–water partition coefficient (Wildman–Crippen LogP) is 3.86. The molecule has 0 saturated carbocycles. The molecule has 1 N–H and O–H groups in total. The number of nitrogens with one attached hydrogen (secondary N) is 1. The summed E-state index contributed by atoms with van der Waals surface area (Å²) < 4.78 is 0. The molecule has 0 saturated heterocycles. The molecule has 0 aliphatic carbocycles. The second-order valence-corrected chi connectivity index (χ2v) is 5.79. The SMILES string of the molecule is CC(C)Cc1cccc(C(=O)NCCc2ccccc2)c1. The van der Waals surface area contributed by atoms with Gasteiger partial charge < -0.3 is 5.32 Å². The molecular weight excluding hydrogens is 258 g/mol. The van der Waals surface area contributed by atoms with Gasteiger partial charge in [-0.05, 0) is 42.0 Å². The van der Waals surface area contributed by atoms with Crippen LogP contribution in [0, 0.1) is 5.92 Å². The van der Waals surface area contributed by atoms with Crippen LogP contribution in [0.4, 0.5) is 0 Å². The minimum Gasteiger partial charge on any atom is -0.352 e. The summed E-state index contributed by atoms with van der Waals surface area (Å²) in [5, 5.41) is 2.99. The van der Waals surface area contributed by atoms with Gasteiger partial charge in [0.05, 0.1) is 0 Å². The third kappa shape index (κ3) is 5.07. The topological polar surface area (TPSA) is 29.1 Å². The zero-order chi connectivity index (χ0) is 15.1. The third-order valence-electron chi connectivity index (χ3n) is 3.38. The van der Waals surface area contributed by atoms with Crippen molar-refractivity contribution in [3.63, 3.8) is 0 Å². The van der Waals surface area contributed by atoms with Crippen molar-refractivity contribution in [3.05, 3.63) is 71.3 Å². The molecule has 2 aromatic rings. The molecule has 21 heavy (non-hydrogen) atoms. The molecule has 0 radical (unpaired) electrons. The standard InChI is InChI=1S/C19H23NO/c1-15(2)13-17-9-6-10-18(14-17)19(21)20-12-11-16-7-4-3-5-8-16/h3-10,14-15H,11-13H2,1-2H3,(H,20,21). The molecule has 2 rings (SSSR count). The zero-order valence-corrected chi connectivity index (χ0v) is 12.8. The fourth-order valence-electron chi connectivity index (χ4n) is 2.38. The highest BCUT2D eigenvalue weighted by Gasteiger charge is 2.06. The molecule has 0 atom stereocenters. The van der Waals surface area contributed by atoms with Crippen molar-refractivity contribution < 1.29 is 4.79 Å². The maximum absolute atomic E-state index is 12.2. The number of rotatable bonds is 6. The first kappa shape index (κ1) is 15.3. The second-order valence-electron chi connectivity index (χ2n) is 5.79. The first-order valence-corrected chi connectivity index (χ1v) is 7.56. The molecule has 0 bridgehead atoms. The molecule has 0 unspecified atom stereocenters. The summed E-state index contributed by atoms with van der Waals surface area (Å²) in [6.45, 7) is 5.04. The van der Waals surface area contributed by atoms with E-state index in [0.717, 1.165) is 18.4 Å². The van der Waals surface area contributed by atoms with Gasteiger partial charge in [0.25, 0.3) is 5.91 Å². The first-order valence-electron chi connectivity index (χ1n) is 7.56. The van der Waals surface area contributed by atoms with Gasteiger partial charge in [0.15, 0.2) is 0 Å². The van der Waals surface area contributed by atoms with Crippen molar-refractivity contribution >= 4 is 5.91 Å². The molecule has 0 fully saturated rings. The van der Waals surface area contributed by atoms with Crippen LogP contribution < -0.4 is 5.32 Å². The molecule has 2 aromatic carbocycles. The highest BCUT2D eigenvalue weighted by Crippen LogP contribution is 2.10. The van der Waals surface area contributed by atoms with Crippen LogP contribution in [-0.2, 0) is 12.8 Å². The maximum atomic E-state index is 12.2. The van der Waals surface area contributed by atoms with Gasteiger partial charge in [-0.25, -0.2) is 0 Å². The van der Waals surface area contributed by atoms with Gasteiger partial charge >= 0.3 is 0 Å². The Balaban J connectivity index is 1.88. The number of carbonyl (C=O) groups is 1. The summed E-state index contributed by atoms with van der Waals surface area (Å²) >= 11 is 0. The van der Waals surface area contributed by atoms with E-state index in [2.05, 4.69) is 37.4 Å². The average Bonchev–Trinajstić information content (AvgIpc) is 2.48. The van der Waals surface area contributed by atoms with Crippen molar-refractivity contribution in [1.82, 2.24) is 5.32 Å². The van der Waals surface area contributed by atoms with Crippen LogP contribution in [0.5, 0.6) is 0 Å². The molecule has 0 spiro atoms. The van der Waals surface area contributed by atoms with Crippen LogP contribution >= 0.6 is 0 Å². The monoisotopic (exact) mass is 281 g/mol. The van der Waals surface area contributed by atoms with Crippen LogP contribution in [-0.4, -0.2) is 12.5 Å². The molecule has 110 valence electrons. The van der Waals surface area contributed by atoms with Crippen molar-refractivity contribution in [2.75, 3.05) is 6.54 Å². The van der Waals surface area contributed by atoms with Gasteiger partial charge in [0, 0.05) is 12.1 Å². The Kier molecular flexibility index (Phi) is 5.56. The normalized spacial score (nSPS) is 10.6. The van der Waals surface area contributed by atoms with Crippen LogP contribution in [0.2, 0.25) is 0 Å². The molecule has 2 heteroatoms. The summed E-state index contributed by atoms with van der Waals surface area (Å²) in [6.07, 6.45) is 1.86. The third-order valence-corrected chi connectivity index (χ3v) is 3.38. The van der Waals surface area contributed by atoms with E-state index in [1.807, 2.05) is 36.4 Å². The Hall–Kier alpha value is -2.09. The summed E-state index contributed by atoms with van der Waals surface area (Å²) in [7, 11) is 0. The van der Waals surface area contributed by atoms with E-state index >= 15 is 0 Å². The van der Waals surface area contributed by atoms with E-state index in [1.165, 1.54) is 11.1 Å². The van der Waals surface area contributed by atoms with Crippen LogP contribution in [0.1, 0.15) is 35.3 Å². The lowest BCUT2D eigenvalue weighted by atomic mass is 10.0. The number of hydrogen-bond acceptors (Lipinski definition) is 1. The van der Waals surface area contributed by atoms with E-state index in [9.17, 15) is 4.79 Å². The molecule has 0 heterocycles. The minimum atomic E-state index is 0.0107. The van der Waals surface area contributed by atoms with E-state index in [0.29, 0.717) is 12.5 Å². The first-order chi connectivity index (χ1) is 10.1. The zero-order valence-electron chi connectivity index (χ0n) is 12.8. The largest absolute Gasteiger partial charge is 0.352 e. The second kappa shape index (κ2) is 7.63. The van der Waals surface area contributed by atoms with Crippen molar-refractivity contribution in [2.24, 2.45) is 5.92 Å². The van der Waals surface area contributed by atoms with Gasteiger partial charge in [-0.3, -0.25) is 4.79 Å². The Morgan fingerprint density at radius 1 is 1.00 bits per heavy atom. The Bertz CT molecular complexity index is 575. The minimum absolute atomic E-state index is 0.0107. The van der Waals surface area contributed by atoms with Gasteiger partial charge in [0.1, 0.15) is 0 Å². The van der Waals surface area contributed by atoms with E-state index in [1.54, 1.807) is 0 Å². The Labute approximate surface area is 127 Å². The predicted molar refractivity (Wildman–Crippen MR) is 87.5 cm³/mol. The lowest BCUT2D eigenvalue weighted by molar-refractivity contribution is 0.0954. The van der Waals surface area contributed by atoms with Crippen molar-refractivity contribution in [3.8, 4) is 0 Å². The van der Waals surface area contributed by atoms with E-state index in [-0.39, 0.29) is 5.91 Å². The molecule has 0 aromatic heterocycles.